The van der Waals surface area contributed by atoms with Crippen LogP contribution in [-0.4, -0.2) is 43.0 Å². The van der Waals surface area contributed by atoms with E-state index in [1.165, 1.54) is 0 Å². The summed E-state index contributed by atoms with van der Waals surface area (Å²) >= 11 is 1.62. The summed E-state index contributed by atoms with van der Waals surface area (Å²) < 4.78 is 0. The highest BCUT2D eigenvalue weighted by molar-refractivity contribution is 7.09. The van der Waals surface area contributed by atoms with Crippen molar-refractivity contribution in [2.24, 2.45) is 0 Å². The second-order valence-electron chi connectivity index (χ2n) is 4.66. The zero-order valence-corrected chi connectivity index (χ0v) is 15.3. The second-order valence-corrected chi connectivity index (χ2v) is 5.73. The monoisotopic (exact) mass is 361 g/mol. The molecule has 0 aliphatic heterocycles. The van der Waals surface area contributed by atoms with E-state index in [2.05, 4.69) is 10.3 Å². The molecule has 2 rings (SSSR count). The van der Waals surface area contributed by atoms with E-state index in [-0.39, 0.29) is 30.7 Å². The molecular weight excluding hydrogens is 341 g/mol. The molecule has 1 N–H and O–H groups in total. The summed E-state index contributed by atoms with van der Waals surface area (Å²) in [7, 11) is 3.70. The fourth-order valence-corrected chi connectivity index (χ4v) is 2.53. The van der Waals surface area contributed by atoms with Gasteiger partial charge < -0.3 is 10.2 Å². The van der Waals surface area contributed by atoms with Gasteiger partial charge in [-0.2, -0.15) is 0 Å². The van der Waals surface area contributed by atoms with Crippen LogP contribution in [0.2, 0.25) is 0 Å². The van der Waals surface area contributed by atoms with Crippen LogP contribution >= 0.6 is 36.2 Å². The molecule has 0 bridgehead atoms. The van der Waals surface area contributed by atoms with Crippen LogP contribution in [-0.2, 0) is 0 Å². The number of thiazole rings is 1. The first-order valence-electron chi connectivity index (χ1n) is 6.54. The molecule has 2 aromatic rings. The smallest absolute Gasteiger partial charge is 0.253 e. The van der Waals surface area contributed by atoms with E-state index in [9.17, 15) is 4.79 Å². The summed E-state index contributed by atoms with van der Waals surface area (Å²) in [5, 5.41) is 6.09. The van der Waals surface area contributed by atoms with E-state index in [1.807, 2.05) is 50.7 Å². The molecule has 22 heavy (non-hydrogen) atoms. The van der Waals surface area contributed by atoms with Gasteiger partial charge >= 0.3 is 0 Å². The van der Waals surface area contributed by atoms with Crippen molar-refractivity contribution < 1.29 is 4.79 Å². The Morgan fingerprint density at radius 2 is 2.09 bits per heavy atom. The molecule has 0 radical (unpaired) electrons. The fourth-order valence-electron chi connectivity index (χ4n) is 1.91. The number of nitrogens with zero attached hydrogens (tertiary/aromatic N) is 2. The Bertz CT molecular complexity index is 604. The van der Waals surface area contributed by atoms with Gasteiger partial charge in [0.25, 0.3) is 5.91 Å². The lowest BCUT2D eigenvalue weighted by atomic mass is 10.1. The largest absolute Gasteiger partial charge is 0.340 e. The van der Waals surface area contributed by atoms with Gasteiger partial charge in [-0.1, -0.05) is 12.1 Å². The predicted octanol–water partition coefficient (Wildman–Crippen LogP) is 3.25. The van der Waals surface area contributed by atoms with Crippen molar-refractivity contribution in [1.82, 2.24) is 15.2 Å². The van der Waals surface area contributed by atoms with Gasteiger partial charge in [0.2, 0.25) is 0 Å². The Labute approximate surface area is 147 Å². The molecule has 0 atom stereocenters. The maximum atomic E-state index is 12.3. The zero-order valence-electron chi connectivity index (χ0n) is 12.8. The zero-order chi connectivity index (χ0) is 14.5. The number of hydrogen-bond donors (Lipinski definition) is 1. The first-order chi connectivity index (χ1) is 9.61. The molecule has 4 nitrogen and oxygen atoms in total. The predicted molar refractivity (Wildman–Crippen MR) is 97.7 cm³/mol. The fraction of sp³-hybridized carbons (Fsp3) is 0.333. The SMILES string of the molecule is CNCCN(C)C(=O)c1cccc(-c2csc(C)n2)c1.Cl.Cl. The number of aromatic nitrogens is 1. The van der Waals surface area contributed by atoms with E-state index < -0.39 is 0 Å². The van der Waals surface area contributed by atoms with Gasteiger partial charge in [-0.25, -0.2) is 4.98 Å². The van der Waals surface area contributed by atoms with E-state index in [0.29, 0.717) is 12.1 Å². The van der Waals surface area contributed by atoms with Gasteiger partial charge in [-0.15, -0.1) is 36.2 Å². The highest BCUT2D eigenvalue weighted by Crippen LogP contribution is 2.22. The van der Waals surface area contributed by atoms with Crippen LogP contribution in [0, 0.1) is 6.92 Å². The maximum absolute atomic E-state index is 12.3. The number of benzene rings is 1. The third-order valence-corrected chi connectivity index (χ3v) is 3.84. The Kier molecular flexibility index (Phi) is 9.28. The van der Waals surface area contributed by atoms with Crippen LogP contribution in [0.4, 0.5) is 0 Å². The average Bonchev–Trinajstić information content (AvgIpc) is 2.90. The maximum Gasteiger partial charge on any atom is 0.253 e. The van der Waals surface area contributed by atoms with Crippen LogP contribution in [0.25, 0.3) is 11.3 Å². The van der Waals surface area contributed by atoms with Crippen molar-refractivity contribution in [1.29, 1.82) is 0 Å². The Balaban J connectivity index is 0.00000220. The number of hydrogen-bond acceptors (Lipinski definition) is 4. The lowest BCUT2D eigenvalue weighted by Crippen LogP contribution is -2.32. The summed E-state index contributed by atoms with van der Waals surface area (Å²) in [6, 6.07) is 7.65. The molecule has 0 saturated carbocycles. The van der Waals surface area contributed by atoms with Crippen molar-refractivity contribution in [3.63, 3.8) is 0 Å². The minimum Gasteiger partial charge on any atom is -0.340 e. The number of amides is 1. The van der Waals surface area contributed by atoms with Crippen molar-refractivity contribution in [2.75, 3.05) is 27.2 Å². The Morgan fingerprint density at radius 3 is 2.68 bits per heavy atom. The van der Waals surface area contributed by atoms with Gasteiger partial charge in [-0.05, 0) is 26.1 Å². The molecule has 1 heterocycles. The molecule has 0 unspecified atom stereocenters. The van der Waals surface area contributed by atoms with Crippen LogP contribution in [0.1, 0.15) is 15.4 Å². The van der Waals surface area contributed by atoms with Gasteiger partial charge in [0.05, 0.1) is 10.7 Å². The molecule has 1 amide bonds. The first-order valence-corrected chi connectivity index (χ1v) is 7.42. The molecule has 0 aliphatic rings. The Hall–Kier alpha value is -1.14. The number of rotatable bonds is 5. The molecule has 1 aromatic carbocycles. The molecule has 0 spiro atoms. The third kappa shape index (κ3) is 5.25. The van der Waals surface area contributed by atoms with Crippen LogP contribution in [0.5, 0.6) is 0 Å². The standard InChI is InChI=1S/C15H19N3OS.2ClH/c1-11-17-14(10-20-11)12-5-4-6-13(9-12)15(19)18(3)8-7-16-2;;/h4-6,9-10,16H,7-8H2,1-3H3;2*1H. The summed E-state index contributed by atoms with van der Waals surface area (Å²) in [6.07, 6.45) is 0. The highest BCUT2D eigenvalue weighted by Gasteiger charge is 2.12. The van der Waals surface area contributed by atoms with Crippen LogP contribution in [0.15, 0.2) is 29.6 Å². The van der Waals surface area contributed by atoms with Gasteiger partial charge in [0.15, 0.2) is 0 Å². The number of carbonyl (C=O) groups excluding carboxylic acids is 1. The van der Waals surface area contributed by atoms with Crippen molar-refractivity contribution in [3.8, 4) is 11.3 Å². The minimum atomic E-state index is 0. The molecular formula is C15H21Cl2N3OS. The van der Waals surface area contributed by atoms with Gasteiger partial charge in [0.1, 0.15) is 0 Å². The summed E-state index contributed by atoms with van der Waals surface area (Å²) in [4.78, 5) is 18.5. The molecule has 7 heteroatoms. The number of aryl methyl sites for hydroxylation is 1. The first kappa shape index (κ1) is 20.9. The second kappa shape index (κ2) is 9.79. The van der Waals surface area contributed by atoms with Gasteiger partial charge in [-0.3, -0.25) is 4.79 Å². The van der Waals surface area contributed by atoms with E-state index in [0.717, 1.165) is 22.8 Å². The van der Waals surface area contributed by atoms with E-state index >= 15 is 0 Å². The third-order valence-electron chi connectivity index (χ3n) is 3.07. The van der Waals surface area contributed by atoms with E-state index in [1.54, 1.807) is 16.2 Å². The average molecular weight is 362 g/mol. The molecule has 0 fully saturated rings. The molecule has 122 valence electrons. The van der Waals surface area contributed by atoms with Crippen LogP contribution < -0.4 is 5.32 Å². The topological polar surface area (TPSA) is 45.2 Å². The van der Waals surface area contributed by atoms with Crippen molar-refractivity contribution >= 4 is 42.1 Å². The number of halogens is 2. The summed E-state index contributed by atoms with van der Waals surface area (Å²) in [5.74, 6) is 0.0362. The number of carbonyl (C=O) groups is 1. The molecule has 0 aliphatic carbocycles. The van der Waals surface area contributed by atoms with Crippen molar-refractivity contribution in [3.05, 3.63) is 40.2 Å². The van der Waals surface area contributed by atoms with E-state index in [4.69, 9.17) is 0 Å². The summed E-state index contributed by atoms with van der Waals surface area (Å²) in [5.41, 5.74) is 2.62. The van der Waals surface area contributed by atoms with Crippen LogP contribution in [0.3, 0.4) is 0 Å². The normalized spacial score (nSPS) is 9.59. The lowest BCUT2D eigenvalue weighted by Gasteiger charge is -2.17. The minimum absolute atomic E-state index is 0. The summed E-state index contributed by atoms with van der Waals surface area (Å²) in [6.45, 7) is 3.46. The number of nitrogens with one attached hydrogen (secondary N) is 1. The Morgan fingerprint density at radius 1 is 1.36 bits per heavy atom. The van der Waals surface area contributed by atoms with Crippen molar-refractivity contribution in [2.45, 2.75) is 6.92 Å². The van der Waals surface area contributed by atoms with Gasteiger partial charge in [0, 0.05) is 36.6 Å². The highest BCUT2D eigenvalue weighted by atomic mass is 35.5. The molecule has 0 saturated heterocycles. The molecule has 1 aromatic heterocycles. The number of likely N-dealkylation sites (N-methyl/N-ethyl adjacent to an activating group) is 2. The lowest BCUT2D eigenvalue weighted by molar-refractivity contribution is 0.0797. The quantitative estimate of drug-likeness (QED) is 0.888.